The minimum Gasteiger partial charge on any atom is -0.477 e. The summed E-state index contributed by atoms with van der Waals surface area (Å²) in [5.74, 6) is -1.10. The van der Waals surface area contributed by atoms with Crippen molar-refractivity contribution >= 4 is 17.7 Å². The fourth-order valence-electron chi connectivity index (χ4n) is 0.747. The van der Waals surface area contributed by atoms with Crippen LogP contribution in [0.15, 0.2) is 10.6 Å². The van der Waals surface area contributed by atoms with Gasteiger partial charge in [-0.1, -0.05) is 0 Å². The Morgan fingerprint density at radius 3 is 2.79 bits per heavy atom. The van der Waals surface area contributed by atoms with Crippen LogP contribution in [0.2, 0.25) is 0 Å². The highest BCUT2D eigenvalue weighted by molar-refractivity contribution is 8.08. The first-order valence-electron chi connectivity index (χ1n) is 3.86. The highest BCUT2D eigenvalue weighted by Crippen LogP contribution is 2.16. The standard InChI is InChI=1S/C8H12N2O3S/c1-6(10-3-4-13-2)7(8(11)12)14-5-9/h10H,3-4H2,1-2H3,(H,11,12)/b7-6+. The van der Waals surface area contributed by atoms with Gasteiger partial charge in [-0.2, -0.15) is 5.26 Å². The van der Waals surface area contributed by atoms with Crippen molar-refractivity contribution in [1.29, 1.82) is 5.26 Å². The van der Waals surface area contributed by atoms with Gasteiger partial charge in [0.05, 0.1) is 6.61 Å². The van der Waals surface area contributed by atoms with Crippen molar-refractivity contribution in [2.24, 2.45) is 0 Å². The van der Waals surface area contributed by atoms with E-state index in [9.17, 15) is 4.79 Å². The van der Waals surface area contributed by atoms with Crippen LogP contribution in [-0.4, -0.2) is 31.3 Å². The molecule has 0 saturated carbocycles. The Balaban J connectivity index is 4.33. The van der Waals surface area contributed by atoms with Gasteiger partial charge in [-0.05, 0) is 18.7 Å². The number of carbonyl (C=O) groups is 1. The number of carboxylic acids is 1. The molecular formula is C8H12N2O3S. The number of nitriles is 1. The summed E-state index contributed by atoms with van der Waals surface area (Å²) < 4.78 is 4.79. The van der Waals surface area contributed by atoms with E-state index in [1.807, 2.05) is 0 Å². The van der Waals surface area contributed by atoms with Crippen LogP contribution in [0.1, 0.15) is 6.92 Å². The Labute approximate surface area is 86.7 Å². The lowest BCUT2D eigenvalue weighted by Gasteiger charge is -2.07. The fraction of sp³-hybridized carbons (Fsp3) is 0.500. The quantitative estimate of drug-likeness (QED) is 0.387. The van der Waals surface area contributed by atoms with Crippen molar-refractivity contribution in [2.75, 3.05) is 20.3 Å². The Bertz CT molecular complexity index is 270. The van der Waals surface area contributed by atoms with Gasteiger partial charge in [0, 0.05) is 19.4 Å². The molecule has 0 spiro atoms. The Kier molecular flexibility index (Phi) is 6.62. The number of carboxylic acid groups (broad SMARTS) is 1. The first-order valence-corrected chi connectivity index (χ1v) is 4.68. The Morgan fingerprint density at radius 2 is 2.36 bits per heavy atom. The number of nitrogens with one attached hydrogen (secondary N) is 1. The van der Waals surface area contributed by atoms with Crippen molar-refractivity contribution in [1.82, 2.24) is 5.32 Å². The van der Waals surface area contributed by atoms with E-state index in [-0.39, 0.29) is 4.91 Å². The lowest BCUT2D eigenvalue weighted by atomic mass is 10.4. The number of allylic oxidation sites excluding steroid dienone is 1. The summed E-state index contributed by atoms with van der Waals surface area (Å²) in [6.07, 6.45) is 0. The SMILES string of the molecule is COCCN/C(C)=C(/SC#N)C(=O)O. The zero-order chi connectivity index (χ0) is 11.0. The van der Waals surface area contributed by atoms with Gasteiger partial charge in [-0.3, -0.25) is 0 Å². The van der Waals surface area contributed by atoms with E-state index in [0.717, 1.165) is 0 Å². The molecule has 0 aromatic rings. The normalized spacial score (nSPS) is 11.5. The number of nitrogens with zero attached hydrogens (tertiary/aromatic N) is 1. The summed E-state index contributed by atoms with van der Waals surface area (Å²) in [6.45, 7) is 2.62. The molecule has 0 radical (unpaired) electrons. The van der Waals surface area contributed by atoms with Crippen molar-refractivity contribution in [2.45, 2.75) is 6.92 Å². The maximum Gasteiger partial charge on any atom is 0.345 e. The molecule has 0 rings (SSSR count). The third-order valence-corrected chi connectivity index (χ3v) is 2.16. The summed E-state index contributed by atoms with van der Waals surface area (Å²) >= 11 is 0.633. The molecule has 0 unspecified atom stereocenters. The van der Waals surface area contributed by atoms with Crippen molar-refractivity contribution in [3.8, 4) is 5.40 Å². The van der Waals surface area contributed by atoms with Gasteiger partial charge < -0.3 is 15.2 Å². The summed E-state index contributed by atoms with van der Waals surface area (Å²) in [6, 6.07) is 0. The molecule has 0 bridgehead atoms. The summed E-state index contributed by atoms with van der Waals surface area (Å²) in [7, 11) is 1.56. The summed E-state index contributed by atoms with van der Waals surface area (Å²) in [5.41, 5.74) is 0.473. The predicted molar refractivity (Wildman–Crippen MR) is 53.4 cm³/mol. The molecule has 0 aliphatic rings. The van der Waals surface area contributed by atoms with Gasteiger partial charge >= 0.3 is 5.97 Å². The van der Waals surface area contributed by atoms with Crippen LogP contribution in [0, 0.1) is 10.7 Å². The van der Waals surface area contributed by atoms with Crippen LogP contribution in [0.3, 0.4) is 0 Å². The smallest absolute Gasteiger partial charge is 0.345 e. The Morgan fingerprint density at radius 1 is 1.71 bits per heavy atom. The lowest BCUT2D eigenvalue weighted by Crippen LogP contribution is -2.19. The molecule has 0 fully saturated rings. The molecule has 0 aliphatic carbocycles. The van der Waals surface area contributed by atoms with Crippen LogP contribution in [0.5, 0.6) is 0 Å². The lowest BCUT2D eigenvalue weighted by molar-refractivity contribution is -0.131. The van der Waals surface area contributed by atoms with E-state index >= 15 is 0 Å². The molecule has 0 aromatic carbocycles. The molecule has 0 saturated heterocycles. The third-order valence-electron chi connectivity index (χ3n) is 1.38. The van der Waals surface area contributed by atoms with Crippen LogP contribution in [0.4, 0.5) is 0 Å². The van der Waals surface area contributed by atoms with E-state index < -0.39 is 5.97 Å². The second-order valence-electron chi connectivity index (χ2n) is 2.37. The number of rotatable bonds is 6. The number of aliphatic carboxylic acids is 1. The molecule has 5 nitrogen and oxygen atoms in total. The Hall–Kier alpha value is -1.19. The zero-order valence-electron chi connectivity index (χ0n) is 8.03. The first kappa shape index (κ1) is 12.8. The molecule has 6 heteroatoms. The van der Waals surface area contributed by atoms with Gasteiger partial charge in [-0.15, -0.1) is 0 Å². The van der Waals surface area contributed by atoms with E-state index in [1.165, 1.54) is 0 Å². The summed E-state index contributed by atoms with van der Waals surface area (Å²) in [5, 5.41) is 21.7. The van der Waals surface area contributed by atoms with E-state index in [4.69, 9.17) is 15.1 Å². The van der Waals surface area contributed by atoms with Gasteiger partial charge in [0.1, 0.15) is 10.3 Å². The van der Waals surface area contributed by atoms with Crippen LogP contribution >= 0.6 is 11.8 Å². The second kappa shape index (κ2) is 7.24. The minimum absolute atomic E-state index is 0.0172. The molecule has 0 aromatic heterocycles. The number of thioether (sulfide) groups is 1. The van der Waals surface area contributed by atoms with E-state index in [1.54, 1.807) is 19.4 Å². The van der Waals surface area contributed by atoms with Gasteiger partial charge in [0.25, 0.3) is 0 Å². The number of methoxy groups -OCH3 is 1. The number of hydrogen-bond acceptors (Lipinski definition) is 5. The highest BCUT2D eigenvalue weighted by atomic mass is 32.2. The topological polar surface area (TPSA) is 82.3 Å². The number of thiocyanates is 1. The molecule has 78 valence electrons. The van der Waals surface area contributed by atoms with Crippen molar-refractivity contribution in [3.63, 3.8) is 0 Å². The number of hydrogen-bond donors (Lipinski definition) is 2. The van der Waals surface area contributed by atoms with E-state index in [0.29, 0.717) is 30.6 Å². The average molecular weight is 216 g/mol. The average Bonchev–Trinajstić information content (AvgIpc) is 2.13. The van der Waals surface area contributed by atoms with E-state index in [2.05, 4.69) is 5.32 Å². The molecule has 0 aliphatic heterocycles. The van der Waals surface area contributed by atoms with Crippen LogP contribution in [-0.2, 0) is 9.53 Å². The first-order chi connectivity index (χ1) is 6.63. The minimum atomic E-state index is -1.10. The van der Waals surface area contributed by atoms with Gasteiger partial charge in [0.15, 0.2) is 0 Å². The second-order valence-corrected chi connectivity index (χ2v) is 3.17. The maximum atomic E-state index is 10.7. The van der Waals surface area contributed by atoms with Gasteiger partial charge in [-0.25, -0.2) is 4.79 Å². The maximum absolute atomic E-state index is 10.7. The fourth-order valence-corrected chi connectivity index (χ4v) is 1.15. The molecule has 0 atom stereocenters. The zero-order valence-corrected chi connectivity index (χ0v) is 8.85. The predicted octanol–water partition coefficient (Wildman–Crippen LogP) is 0.753. The molecule has 2 N–H and O–H groups in total. The monoisotopic (exact) mass is 216 g/mol. The summed E-state index contributed by atoms with van der Waals surface area (Å²) in [4.78, 5) is 10.7. The largest absolute Gasteiger partial charge is 0.477 e. The highest BCUT2D eigenvalue weighted by Gasteiger charge is 2.11. The van der Waals surface area contributed by atoms with Gasteiger partial charge in [0.2, 0.25) is 0 Å². The van der Waals surface area contributed by atoms with Crippen LogP contribution < -0.4 is 5.32 Å². The molecule has 0 amide bonds. The third kappa shape index (κ3) is 4.74. The molecular weight excluding hydrogens is 204 g/mol. The van der Waals surface area contributed by atoms with Crippen molar-refractivity contribution in [3.05, 3.63) is 10.6 Å². The van der Waals surface area contributed by atoms with Crippen molar-refractivity contribution < 1.29 is 14.6 Å². The number of ether oxygens (including phenoxy) is 1. The van der Waals surface area contributed by atoms with Crippen LogP contribution in [0.25, 0.3) is 0 Å². The molecule has 14 heavy (non-hydrogen) atoms. The molecule has 0 heterocycles.